The average molecular weight is 216 g/mol. The molecule has 0 radical (unpaired) electrons. The van der Waals surface area contributed by atoms with Crippen LogP contribution < -0.4 is 4.74 Å². The SMILES string of the molecule is CCOc1cc(/C=N/O)cc(Cl)c1O. The zero-order valence-electron chi connectivity index (χ0n) is 7.57. The largest absolute Gasteiger partial charge is 0.503 e. The molecule has 1 aromatic rings. The smallest absolute Gasteiger partial charge is 0.176 e. The molecule has 14 heavy (non-hydrogen) atoms. The van der Waals surface area contributed by atoms with Crippen LogP contribution in [0.2, 0.25) is 5.02 Å². The lowest BCUT2D eigenvalue weighted by Crippen LogP contribution is -1.93. The molecule has 76 valence electrons. The topological polar surface area (TPSA) is 62.0 Å². The summed E-state index contributed by atoms with van der Waals surface area (Å²) in [6.07, 6.45) is 1.20. The summed E-state index contributed by atoms with van der Waals surface area (Å²) in [6, 6.07) is 3.00. The van der Waals surface area contributed by atoms with Crippen LogP contribution in [0.15, 0.2) is 17.3 Å². The first-order valence-electron chi connectivity index (χ1n) is 4.01. The Kier molecular flexibility index (Phi) is 3.59. The number of halogens is 1. The Balaban J connectivity index is 3.13. The summed E-state index contributed by atoms with van der Waals surface area (Å²) < 4.78 is 5.13. The third kappa shape index (κ3) is 2.29. The Bertz CT molecular complexity index is 352. The van der Waals surface area contributed by atoms with Crippen molar-refractivity contribution in [2.45, 2.75) is 6.92 Å². The van der Waals surface area contributed by atoms with Crippen molar-refractivity contribution in [1.29, 1.82) is 0 Å². The fourth-order valence-corrected chi connectivity index (χ4v) is 1.22. The van der Waals surface area contributed by atoms with E-state index in [4.69, 9.17) is 21.5 Å². The van der Waals surface area contributed by atoms with Gasteiger partial charge in [0.2, 0.25) is 0 Å². The third-order valence-corrected chi connectivity index (χ3v) is 1.85. The Labute approximate surface area is 86.4 Å². The van der Waals surface area contributed by atoms with Gasteiger partial charge < -0.3 is 15.1 Å². The minimum atomic E-state index is -0.108. The molecule has 1 rings (SSSR count). The molecule has 0 saturated carbocycles. The average Bonchev–Trinajstić information content (AvgIpc) is 2.14. The number of aromatic hydroxyl groups is 1. The number of ether oxygens (including phenoxy) is 1. The van der Waals surface area contributed by atoms with Crippen molar-refractivity contribution in [1.82, 2.24) is 0 Å². The molecule has 0 unspecified atom stereocenters. The van der Waals surface area contributed by atoms with Crippen molar-refractivity contribution in [2.24, 2.45) is 5.16 Å². The highest BCUT2D eigenvalue weighted by molar-refractivity contribution is 6.32. The molecule has 0 aromatic heterocycles. The lowest BCUT2D eigenvalue weighted by molar-refractivity contribution is 0.317. The van der Waals surface area contributed by atoms with Crippen molar-refractivity contribution >= 4 is 17.8 Å². The summed E-state index contributed by atoms with van der Waals surface area (Å²) in [4.78, 5) is 0. The molecule has 0 bridgehead atoms. The van der Waals surface area contributed by atoms with Crippen LogP contribution in [0.3, 0.4) is 0 Å². The molecule has 0 saturated heterocycles. The first-order valence-corrected chi connectivity index (χ1v) is 4.39. The molecule has 0 aliphatic rings. The van der Waals surface area contributed by atoms with Crippen molar-refractivity contribution in [3.05, 3.63) is 22.7 Å². The van der Waals surface area contributed by atoms with E-state index in [9.17, 15) is 5.11 Å². The molecule has 0 spiro atoms. The minimum absolute atomic E-state index is 0.108. The first kappa shape index (κ1) is 10.7. The molecular formula is C9H10ClNO3. The lowest BCUT2D eigenvalue weighted by atomic mass is 10.2. The molecule has 5 heteroatoms. The van der Waals surface area contributed by atoms with E-state index in [0.717, 1.165) is 0 Å². The Morgan fingerprint density at radius 1 is 1.57 bits per heavy atom. The second kappa shape index (κ2) is 4.72. The number of hydrogen-bond donors (Lipinski definition) is 2. The van der Waals surface area contributed by atoms with Crippen LogP contribution in [0.5, 0.6) is 11.5 Å². The molecule has 0 fully saturated rings. The number of phenolic OH excluding ortho intramolecular Hbond substituents is 1. The van der Waals surface area contributed by atoms with Crippen LogP contribution >= 0.6 is 11.6 Å². The second-order valence-corrected chi connectivity index (χ2v) is 2.93. The molecule has 0 aliphatic carbocycles. The standard InChI is InChI=1S/C9H10ClNO3/c1-2-14-8-4-6(5-11-13)3-7(10)9(8)12/h3-5,12-13H,2H2,1H3/b11-5+. The molecule has 0 amide bonds. The summed E-state index contributed by atoms with van der Waals surface area (Å²) in [6.45, 7) is 2.21. The van der Waals surface area contributed by atoms with E-state index in [2.05, 4.69) is 5.16 Å². The molecule has 0 aliphatic heterocycles. The molecule has 2 N–H and O–H groups in total. The Hall–Kier alpha value is -1.42. The first-order chi connectivity index (χ1) is 6.69. The molecule has 0 atom stereocenters. The molecular weight excluding hydrogens is 206 g/mol. The van der Waals surface area contributed by atoms with E-state index >= 15 is 0 Å². The monoisotopic (exact) mass is 215 g/mol. The fourth-order valence-electron chi connectivity index (χ4n) is 1.00. The van der Waals surface area contributed by atoms with Gasteiger partial charge in [-0.25, -0.2) is 0 Å². The minimum Gasteiger partial charge on any atom is -0.503 e. The number of phenols is 1. The van der Waals surface area contributed by atoms with E-state index in [-0.39, 0.29) is 16.5 Å². The molecule has 4 nitrogen and oxygen atoms in total. The van der Waals surface area contributed by atoms with Gasteiger partial charge in [0.25, 0.3) is 0 Å². The quantitative estimate of drug-likeness (QED) is 0.462. The van der Waals surface area contributed by atoms with Crippen molar-refractivity contribution in [3.63, 3.8) is 0 Å². The van der Waals surface area contributed by atoms with Gasteiger partial charge in [0.15, 0.2) is 11.5 Å². The van der Waals surface area contributed by atoms with Gasteiger partial charge in [-0.15, -0.1) is 0 Å². The number of nitrogens with zero attached hydrogens (tertiary/aromatic N) is 1. The van der Waals surface area contributed by atoms with Crippen LogP contribution in [0.1, 0.15) is 12.5 Å². The fraction of sp³-hybridized carbons (Fsp3) is 0.222. The van der Waals surface area contributed by atoms with Gasteiger partial charge in [-0.05, 0) is 19.1 Å². The van der Waals surface area contributed by atoms with E-state index in [0.29, 0.717) is 12.2 Å². The molecule has 0 heterocycles. The van der Waals surface area contributed by atoms with Crippen LogP contribution in [0.4, 0.5) is 0 Å². The maximum Gasteiger partial charge on any atom is 0.176 e. The van der Waals surface area contributed by atoms with Crippen molar-refractivity contribution < 1.29 is 15.1 Å². The van der Waals surface area contributed by atoms with Crippen molar-refractivity contribution in [2.75, 3.05) is 6.61 Å². The van der Waals surface area contributed by atoms with Gasteiger partial charge in [0.05, 0.1) is 17.8 Å². The van der Waals surface area contributed by atoms with Crippen LogP contribution in [-0.2, 0) is 0 Å². The van der Waals surface area contributed by atoms with E-state index < -0.39 is 0 Å². The second-order valence-electron chi connectivity index (χ2n) is 2.53. The zero-order chi connectivity index (χ0) is 10.6. The lowest BCUT2D eigenvalue weighted by Gasteiger charge is -2.07. The van der Waals surface area contributed by atoms with Crippen LogP contribution in [-0.4, -0.2) is 23.1 Å². The van der Waals surface area contributed by atoms with E-state index in [1.54, 1.807) is 6.92 Å². The third-order valence-electron chi connectivity index (χ3n) is 1.56. The highest BCUT2D eigenvalue weighted by Crippen LogP contribution is 2.34. The highest BCUT2D eigenvalue weighted by Gasteiger charge is 2.08. The predicted molar refractivity (Wildman–Crippen MR) is 53.7 cm³/mol. The summed E-state index contributed by atoms with van der Waals surface area (Å²) in [7, 11) is 0. The summed E-state index contributed by atoms with van der Waals surface area (Å²) in [5.41, 5.74) is 0.554. The Morgan fingerprint density at radius 3 is 2.86 bits per heavy atom. The van der Waals surface area contributed by atoms with Gasteiger partial charge in [-0.3, -0.25) is 0 Å². The number of rotatable bonds is 3. The highest BCUT2D eigenvalue weighted by atomic mass is 35.5. The van der Waals surface area contributed by atoms with Crippen LogP contribution in [0, 0.1) is 0 Å². The van der Waals surface area contributed by atoms with E-state index in [1.165, 1.54) is 18.3 Å². The maximum atomic E-state index is 9.46. The molecule has 1 aromatic carbocycles. The summed E-state index contributed by atoms with van der Waals surface area (Å²) >= 11 is 5.72. The Morgan fingerprint density at radius 2 is 2.29 bits per heavy atom. The number of oxime groups is 1. The predicted octanol–water partition coefficient (Wildman–Crippen LogP) is 2.25. The van der Waals surface area contributed by atoms with Gasteiger partial charge >= 0.3 is 0 Å². The van der Waals surface area contributed by atoms with Gasteiger partial charge in [-0.1, -0.05) is 16.8 Å². The maximum absolute atomic E-state index is 9.46. The number of benzene rings is 1. The number of hydrogen-bond acceptors (Lipinski definition) is 4. The summed E-state index contributed by atoms with van der Waals surface area (Å²) in [5.74, 6) is 0.165. The van der Waals surface area contributed by atoms with Gasteiger partial charge in [0, 0.05) is 5.56 Å². The summed E-state index contributed by atoms with van der Waals surface area (Å²) in [5, 5.41) is 20.8. The van der Waals surface area contributed by atoms with Crippen molar-refractivity contribution in [3.8, 4) is 11.5 Å². The zero-order valence-corrected chi connectivity index (χ0v) is 8.32. The van der Waals surface area contributed by atoms with Crippen LogP contribution in [0.25, 0.3) is 0 Å². The normalized spacial score (nSPS) is 10.7. The van der Waals surface area contributed by atoms with Gasteiger partial charge in [-0.2, -0.15) is 0 Å². The van der Waals surface area contributed by atoms with Gasteiger partial charge in [0.1, 0.15) is 0 Å². The van der Waals surface area contributed by atoms with E-state index in [1.807, 2.05) is 0 Å².